The van der Waals surface area contributed by atoms with Gasteiger partial charge in [0.05, 0.1) is 6.54 Å². The van der Waals surface area contributed by atoms with Crippen molar-refractivity contribution in [1.82, 2.24) is 10.3 Å². The Hall–Kier alpha value is -2.16. The zero-order valence-corrected chi connectivity index (χ0v) is 14.4. The van der Waals surface area contributed by atoms with Gasteiger partial charge >= 0.3 is 0 Å². The lowest BCUT2D eigenvalue weighted by atomic mass is 10.1. The Kier molecular flexibility index (Phi) is 4.70. The first kappa shape index (κ1) is 16.7. The van der Waals surface area contributed by atoms with Crippen LogP contribution in [0.15, 0.2) is 46.8 Å². The first-order chi connectivity index (χ1) is 11.4. The van der Waals surface area contributed by atoms with Gasteiger partial charge in [0.15, 0.2) is 0 Å². The van der Waals surface area contributed by atoms with Crippen LogP contribution in [0.5, 0.6) is 0 Å². The van der Waals surface area contributed by atoms with Crippen molar-refractivity contribution in [2.45, 2.75) is 23.6 Å². The van der Waals surface area contributed by atoms with E-state index in [2.05, 4.69) is 10.3 Å². The second-order valence-electron chi connectivity index (χ2n) is 5.40. The predicted molar refractivity (Wildman–Crippen MR) is 94.2 cm³/mol. The molecule has 3 aromatic rings. The van der Waals surface area contributed by atoms with Crippen LogP contribution >= 0.6 is 11.3 Å². The van der Waals surface area contributed by atoms with Gasteiger partial charge < -0.3 is 10.3 Å². The summed E-state index contributed by atoms with van der Waals surface area (Å²) in [7, 11) is -3.68. The van der Waals surface area contributed by atoms with Gasteiger partial charge in [-0.2, -0.15) is 0 Å². The van der Waals surface area contributed by atoms with Crippen LogP contribution in [0.1, 0.15) is 16.9 Å². The summed E-state index contributed by atoms with van der Waals surface area (Å²) in [5.74, 6) is -0.0779. The van der Waals surface area contributed by atoms with Gasteiger partial charge in [-0.1, -0.05) is 18.2 Å². The van der Waals surface area contributed by atoms with Crippen LogP contribution in [0.25, 0.3) is 10.9 Å². The van der Waals surface area contributed by atoms with Crippen LogP contribution in [-0.2, 0) is 27.8 Å². The van der Waals surface area contributed by atoms with Crippen molar-refractivity contribution in [2.75, 3.05) is 0 Å². The molecule has 4 N–H and O–H groups in total. The van der Waals surface area contributed by atoms with Crippen molar-refractivity contribution in [3.8, 4) is 0 Å². The van der Waals surface area contributed by atoms with Crippen LogP contribution in [-0.4, -0.2) is 19.3 Å². The molecule has 0 unspecified atom stereocenters. The smallest absolute Gasteiger partial charge is 0.247 e. The van der Waals surface area contributed by atoms with Crippen molar-refractivity contribution in [3.63, 3.8) is 0 Å². The van der Waals surface area contributed by atoms with E-state index in [1.165, 1.54) is 6.07 Å². The number of fused-ring (bicyclic) bond motifs is 1. The van der Waals surface area contributed by atoms with Gasteiger partial charge in [-0.3, -0.25) is 4.79 Å². The molecule has 6 nitrogen and oxygen atoms in total. The molecule has 0 saturated heterocycles. The number of carbonyl (C=O) groups excluding carboxylic acids is 1. The molecule has 8 heteroatoms. The summed E-state index contributed by atoms with van der Waals surface area (Å²) in [6.45, 7) is 0.299. The van der Waals surface area contributed by atoms with Gasteiger partial charge in [0.2, 0.25) is 15.9 Å². The van der Waals surface area contributed by atoms with Crippen molar-refractivity contribution in [3.05, 3.63) is 53.0 Å². The summed E-state index contributed by atoms with van der Waals surface area (Å²) >= 11 is 1.07. The summed E-state index contributed by atoms with van der Waals surface area (Å²) in [5.41, 5.74) is 2.16. The number of nitrogens with one attached hydrogen (secondary N) is 2. The molecule has 0 aliphatic rings. The van der Waals surface area contributed by atoms with Crippen molar-refractivity contribution in [2.24, 2.45) is 5.14 Å². The van der Waals surface area contributed by atoms with Crippen LogP contribution in [0.4, 0.5) is 0 Å². The van der Waals surface area contributed by atoms with E-state index in [-0.39, 0.29) is 10.1 Å². The number of primary sulfonamides is 1. The number of aromatic nitrogens is 1. The summed E-state index contributed by atoms with van der Waals surface area (Å²) in [4.78, 5) is 15.9. The van der Waals surface area contributed by atoms with Crippen LogP contribution in [0.2, 0.25) is 0 Å². The Labute approximate surface area is 143 Å². The average molecular weight is 363 g/mol. The van der Waals surface area contributed by atoms with Crippen molar-refractivity contribution in [1.29, 1.82) is 0 Å². The van der Waals surface area contributed by atoms with E-state index in [4.69, 9.17) is 5.14 Å². The second kappa shape index (κ2) is 6.76. The minimum absolute atomic E-state index is 0.0779. The van der Waals surface area contributed by atoms with E-state index in [0.29, 0.717) is 19.4 Å². The lowest BCUT2D eigenvalue weighted by molar-refractivity contribution is -0.121. The zero-order valence-electron chi connectivity index (χ0n) is 12.8. The zero-order chi connectivity index (χ0) is 17.2. The summed E-state index contributed by atoms with van der Waals surface area (Å²) < 4.78 is 22.5. The molecule has 3 rings (SSSR count). The number of aryl methyl sites for hydroxylation is 1. The highest BCUT2D eigenvalue weighted by Crippen LogP contribution is 2.21. The second-order valence-corrected chi connectivity index (χ2v) is 8.36. The Bertz CT molecular complexity index is 973. The molecule has 1 amide bonds. The normalized spacial score (nSPS) is 11.7. The largest absolute Gasteiger partial charge is 0.361 e. The van der Waals surface area contributed by atoms with E-state index in [9.17, 15) is 13.2 Å². The summed E-state index contributed by atoms with van der Waals surface area (Å²) in [6, 6.07) is 11.1. The third-order valence-corrected chi connectivity index (χ3v) is 6.20. The molecule has 0 saturated carbocycles. The minimum atomic E-state index is -3.68. The van der Waals surface area contributed by atoms with Crippen LogP contribution in [0, 0.1) is 0 Å². The standard InChI is InChI=1S/C16H17N3O3S2/c17-24(21,22)16-8-6-12(23-16)10-19-15(20)7-5-11-9-18-14-4-2-1-3-13(11)14/h1-4,6,8-9,18H,5,7,10H2,(H,19,20)(H2,17,21,22). The van der Waals surface area contributed by atoms with Gasteiger partial charge in [0.25, 0.3) is 0 Å². The van der Waals surface area contributed by atoms with Gasteiger partial charge in [-0.25, -0.2) is 13.6 Å². The lowest BCUT2D eigenvalue weighted by Gasteiger charge is -2.03. The summed E-state index contributed by atoms with van der Waals surface area (Å²) in [5, 5.41) is 8.99. The predicted octanol–water partition coefficient (Wildman–Crippen LogP) is 2.13. The molecule has 0 spiro atoms. The topological polar surface area (TPSA) is 105 Å². The molecule has 1 aromatic carbocycles. The number of rotatable bonds is 6. The molecule has 0 radical (unpaired) electrons. The number of hydrogen-bond acceptors (Lipinski definition) is 4. The number of benzene rings is 1. The van der Waals surface area contributed by atoms with E-state index in [1.54, 1.807) is 6.07 Å². The number of H-pyrrole nitrogens is 1. The maximum absolute atomic E-state index is 12.0. The number of thiophene rings is 1. The monoisotopic (exact) mass is 363 g/mol. The number of hydrogen-bond donors (Lipinski definition) is 3. The van der Waals surface area contributed by atoms with Crippen LogP contribution < -0.4 is 10.5 Å². The molecule has 2 aromatic heterocycles. The fourth-order valence-electron chi connectivity index (χ4n) is 2.47. The molecule has 0 aliphatic heterocycles. The highest BCUT2D eigenvalue weighted by molar-refractivity contribution is 7.91. The number of sulfonamides is 1. The highest BCUT2D eigenvalue weighted by atomic mass is 32.2. The van der Waals surface area contributed by atoms with Gasteiger partial charge in [0, 0.05) is 28.4 Å². The number of aromatic amines is 1. The third kappa shape index (κ3) is 3.84. The van der Waals surface area contributed by atoms with E-state index >= 15 is 0 Å². The number of nitrogens with two attached hydrogens (primary N) is 1. The van der Waals surface area contributed by atoms with Gasteiger partial charge in [0.1, 0.15) is 4.21 Å². The maximum Gasteiger partial charge on any atom is 0.247 e. The van der Waals surface area contributed by atoms with Crippen molar-refractivity contribution < 1.29 is 13.2 Å². The quantitative estimate of drug-likeness (QED) is 0.625. The Morgan fingerprint density at radius 3 is 2.75 bits per heavy atom. The molecular formula is C16H17N3O3S2. The molecule has 126 valence electrons. The lowest BCUT2D eigenvalue weighted by Crippen LogP contribution is -2.22. The molecule has 0 fully saturated rings. The molecule has 24 heavy (non-hydrogen) atoms. The number of carbonyl (C=O) groups is 1. The maximum atomic E-state index is 12.0. The average Bonchev–Trinajstić information content (AvgIpc) is 3.17. The number of amides is 1. The molecule has 2 heterocycles. The van der Waals surface area contributed by atoms with Gasteiger partial charge in [-0.15, -0.1) is 11.3 Å². The molecular weight excluding hydrogens is 346 g/mol. The SMILES string of the molecule is NS(=O)(=O)c1ccc(CNC(=O)CCc2c[nH]c3ccccc23)s1. The highest BCUT2D eigenvalue weighted by Gasteiger charge is 2.12. The van der Waals surface area contributed by atoms with Gasteiger partial charge in [-0.05, 0) is 30.2 Å². The van der Waals surface area contributed by atoms with Crippen molar-refractivity contribution >= 4 is 38.2 Å². The Morgan fingerprint density at radius 1 is 1.21 bits per heavy atom. The minimum Gasteiger partial charge on any atom is -0.361 e. The van der Waals surface area contributed by atoms with E-state index < -0.39 is 10.0 Å². The first-order valence-electron chi connectivity index (χ1n) is 7.37. The van der Waals surface area contributed by atoms with E-state index in [0.717, 1.165) is 32.7 Å². The Balaban J connectivity index is 1.54. The van der Waals surface area contributed by atoms with Crippen LogP contribution in [0.3, 0.4) is 0 Å². The van der Waals surface area contributed by atoms with E-state index in [1.807, 2.05) is 30.5 Å². The summed E-state index contributed by atoms with van der Waals surface area (Å²) in [6.07, 6.45) is 2.94. The molecule has 0 aliphatic carbocycles. The fourth-order valence-corrected chi connectivity index (χ4v) is 4.19. The fraction of sp³-hybridized carbons (Fsp3) is 0.188. The number of para-hydroxylation sites is 1. The molecule has 0 atom stereocenters. The molecule has 0 bridgehead atoms. The first-order valence-corrected chi connectivity index (χ1v) is 9.73. The third-order valence-electron chi connectivity index (χ3n) is 3.67. The Morgan fingerprint density at radius 2 is 2.00 bits per heavy atom.